The Bertz CT molecular complexity index is 1380. The van der Waals surface area contributed by atoms with Gasteiger partial charge in [-0.3, -0.25) is 4.99 Å². The summed E-state index contributed by atoms with van der Waals surface area (Å²) in [7, 11) is 1.57. The Morgan fingerprint density at radius 1 is 1.00 bits per heavy atom. The highest BCUT2D eigenvalue weighted by atomic mass is 19.4. The monoisotopic (exact) mass is 593 g/mol. The summed E-state index contributed by atoms with van der Waals surface area (Å²) in [6.07, 6.45) is -1.37. The first kappa shape index (κ1) is 34.7. The van der Waals surface area contributed by atoms with Crippen LogP contribution in [0.25, 0.3) is 18.9 Å². The molecule has 0 aromatic heterocycles. The molecule has 9 heteroatoms. The molecule has 0 saturated heterocycles. The Labute approximate surface area is 245 Å². The maximum atomic E-state index is 13.6. The van der Waals surface area contributed by atoms with Crippen molar-refractivity contribution in [3.05, 3.63) is 86.9 Å². The summed E-state index contributed by atoms with van der Waals surface area (Å²) in [5.41, 5.74) is -0.394. The maximum absolute atomic E-state index is 13.6. The summed E-state index contributed by atoms with van der Waals surface area (Å²) in [4.78, 5) is 6.31. The molecule has 1 N–H and O–H groups in total. The van der Waals surface area contributed by atoms with Crippen LogP contribution in [0.4, 0.5) is 26.3 Å². The number of halogens is 6. The summed E-state index contributed by atoms with van der Waals surface area (Å²) < 4.78 is 79.8. The van der Waals surface area contributed by atoms with Gasteiger partial charge in [0.05, 0.1) is 11.1 Å². The lowest BCUT2D eigenvalue weighted by molar-refractivity contribution is -0.143. The Morgan fingerprint density at radius 3 is 2.21 bits per heavy atom. The lowest BCUT2D eigenvalue weighted by atomic mass is 10.0. The zero-order valence-corrected chi connectivity index (χ0v) is 25.0. The van der Waals surface area contributed by atoms with E-state index < -0.39 is 23.5 Å². The van der Waals surface area contributed by atoms with Gasteiger partial charge in [0.2, 0.25) is 0 Å². The van der Waals surface area contributed by atoms with Gasteiger partial charge in [-0.1, -0.05) is 58.0 Å². The normalized spacial score (nSPS) is 15.4. The van der Waals surface area contributed by atoms with Crippen molar-refractivity contribution in [2.24, 2.45) is 10.9 Å². The lowest BCUT2D eigenvalue weighted by Gasteiger charge is -2.20. The van der Waals surface area contributed by atoms with Gasteiger partial charge in [-0.25, -0.2) is 0 Å². The number of nitrogens with zero attached hydrogens (tertiary/aromatic N) is 2. The molecule has 0 atom stereocenters. The topological polar surface area (TPSA) is 27.6 Å². The van der Waals surface area contributed by atoms with E-state index >= 15 is 0 Å². The molecule has 230 valence electrons. The largest absolute Gasteiger partial charge is 0.416 e. The van der Waals surface area contributed by atoms with Crippen molar-refractivity contribution in [3.63, 3.8) is 0 Å². The minimum atomic E-state index is -4.92. The minimum Gasteiger partial charge on any atom is -0.376 e. The second-order valence-electron chi connectivity index (χ2n) is 10.4. The van der Waals surface area contributed by atoms with Gasteiger partial charge in [0.15, 0.2) is 0 Å². The first-order valence-corrected chi connectivity index (χ1v) is 14.1. The number of benzene rings is 2. The lowest BCUT2D eigenvalue weighted by Crippen LogP contribution is -2.27. The molecular formula is C33H41F6N3. The van der Waals surface area contributed by atoms with Crippen molar-refractivity contribution < 1.29 is 26.3 Å². The average molecular weight is 594 g/mol. The molecule has 0 spiro atoms. The number of allylic oxidation sites excluding steroid dienone is 1. The third-order valence-corrected chi connectivity index (χ3v) is 6.76. The molecule has 0 aliphatic heterocycles. The molecule has 3 nitrogen and oxygen atoms in total. The Kier molecular flexibility index (Phi) is 12.5. The maximum Gasteiger partial charge on any atom is 0.416 e. The van der Waals surface area contributed by atoms with Crippen LogP contribution in [0.2, 0.25) is 0 Å². The molecule has 0 unspecified atom stereocenters. The van der Waals surface area contributed by atoms with Crippen molar-refractivity contribution >= 4 is 24.7 Å². The number of hydrogen-bond acceptors (Lipinski definition) is 2. The molecule has 0 amide bonds. The quantitative estimate of drug-likeness (QED) is 0.190. The fourth-order valence-electron chi connectivity index (χ4n) is 4.73. The number of amidine groups is 1. The third kappa shape index (κ3) is 10.4. The van der Waals surface area contributed by atoms with E-state index in [0.717, 1.165) is 35.3 Å². The number of rotatable bonds is 8. The zero-order valence-electron chi connectivity index (χ0n) is 25.0. The summed E-state index contributed by atoms with van der Waals surface area (Å²) >= 11 is 0. The van der Waals surface area contributed by atoms with E-state index in [-0.39, 0.29) is 18.2 Å². The second-order valence-corrected chi connectivity index (χ2v) is 10.4. The molecule has 2 aromatic carbocycles. The molecule has 0 bridgehead atoms. The predicted molar refractivity (Wildman–Crippen MR) is 161 cm³/mol. The Morgan fingerprint density at radius 2 is 1.64 bits per heavy atom. The summed E-state index contributed by atoms with van der Waals surface area (Å²) in [6, 6.07) is 7.26. The van der Waals surface area contributed by atoms with E-state index in [4.69, 9.17) is 4.99 Å². The third-order valence-electron chi connectivity index (χ3n) is 6.76. The summed E-state index contributed by atoms with van der Waals surface area (Å²) in [6.45, 7) is 16.2. The number of alkyl halides is 6. The van der Waals surface area contributed by atoms with Crippen LogP contribution in [-0.2, 0) is 18.9 Å². The predicted octanol–water partition coefficient (Wildman–Crippen LogP) is 8.15. The van der Waals surface area contributed by atoms with Gasteiger partial charge in [-0.2, -0.15) is 26.3 Å². The van der Waals surface area contributed by atoms with Gasteiger partial charge in [-0.15, -0.1) is 0 Å². The molecule has 1 fully saturated rings. The first-order valence-electron chi connectivity index (χ1n) is 14.1. The van der Waals surface area contributed by atoms with Gasteiger partial charge in [-0.05, 0) is 84.0 Å². The summed E-state index contributed by atoms with van der Waals surface area (Å²) in [5, 5.41) is 4.56. The molecule has 0 heterocycles. The van der Waals surface area contributed by atoms with E-state index in [9.17, 15) is 26.3 Å². The Balaban J connectivity index is 0.00000301. The van der Waals surface area contributed by atoms with Gasteiger partial charge in [0, 0.05) is 32.0 Å². The van der Waals surface area contributed by atoms with Crippen LogP contribution in [0.5, 0.6) is 0 Å². The van der Waals surface area contributed by atoms with E-state index in [0.29, 0.717) is 22.4 Å². The van der Waals surface area contributed by atoms with Crippen molar-refractivity contribution in [1.29, 1.82) is 0 Å². The van der Waals surface area contributed by atoms with Crippen LogP contribution in [-0.4, -0.2) is 24.3 Å². The fraction of sp³-hybridized carbons (Fsp3) is 0.424. The zero-order chi connectivity index (χ0) is 31.7. The molecule has 1 aliphatic carbocycles. The Hall–Kier alpha value is -3.49. The molecule has 0 radical (unpaired) electrons. The number of hydrogen-bond donors (Lipinski definition) is 1. The molecule has 3 rings (SSSR count). The van der Waals surface area contributed by atoms with Crippen molar-refractivity contribution in [1.82, 2.24) is 10.2 Å². The van der Waals surface area contributed by atoms with Crippen LogP contribution >= 0.6 is 0 Å². The first-order chi connectivity index (χ1) is 19.6. The van der Waals surface area contributed by atoms with Crippen molar-refractivity contribution in [3.8, 4) is 0 Å². The minimum absolute atomic E-state index is 0.162. The van der Waals surface area contributed by atoms with Crippen LogP contribution in [0, 0.1) is 5.92 Å². The standard InChI is InChI=1S/C31H35F6N3.C2H6/c1-20(2)39-29(38-17-23-8-6-7-9-23)22(4)14-24-11-10-21(3)26(15-24)19-40(5)18-25-12-13-27(30(32,33)34)16-28(25)31(35,36)37;1-2/h10-16,19,23H,1,3,6-9,17-18H2,2,4-5H3,(H,38,39);1-2H3/b22-14+,26-19-;. The molecule has 1 saturated carbocycles. The molecule has 1 aliphatic rings. The number of aliphatic imine (C=N–C) groups is 1. The van der Waals surface area contributed by atoms with E-state index in [2.05, 4.69) is 18.5 Å². The highest BCUT2D eigenvalue weighted by Gasteiger charge is 2.38. The van der Waals surface area contributed by atoms with Crippen LogP contribution < -0.4 is 15.8 Å². The smallest absolute Gasteiger partial charge is 0.376 e. The van der Waals surface area contributed by atoms with E-state index in [1.165, 1.54) is 30.6 Å². The van der Waals surface area contributed by atoms with Crippen molar-refractivity contribution in [2.75, 3.05) is 13.6 Å². The molecule has 2 aromatic rings. The highest BCUT2D eigenvalue weighted by molar-refractivity contribution is 6.02. The molecular weight excluding hydrogens is 552 g/mol. The second kappa shape index (κ2) is 15.1. The van der Waals surface area contributed by atoms with Gasteiger partial charge in [0.25, 0.3) is 0 Å². The van der Waals surface area contributed by atoms with Crippen LogP contribution in [0.15, 0.2) is 59.2 Å². The van der Waals surface area contributed by atoms with E-state index in [1.54, 1.807) is 19.3 Å². The highest BCUT2D eigenvalue weighted by Crippen LogP contribution is 2.37. The SMILES string of the molecule is C=C(C)NC(=NCC1CCCC1)/C(C)=C/c1ccc(=C)/c(=C\N(C)Cc2ccc(C(F)(F)F)cc2C(F)(F)F)c1.CC. The van der Waals surface area contributed by atoms with E-state index in [1.807, 2.05) is 45.9 Å². The van der Waals surface area contributed by atoms with Crippen LogP contribution in [0.1, 0.15) is 75.6 Å². The van der Waals surface area contributed by atoms with Crippen molar-refractivity contribution in [2.45, 2.75) is 72.3 Å². The van der Waals surface area contributed by atoms with Gasteiger partial charge in [0.1, 0.15) is 5.84 Å². The average Bonchev–Trinajstić information content (AvgIpc) is 3.42. The summed E-state index contributed by atoms with van der Waals surface area (Å²) in [5.74, 6) is 1.32. The van der Waals surface area contributed by atoms with Crippen LogP contribution in [0.3, 0.4) is 0 Å². The number of nitrogens with one attached hydrogen (secondary N) is 1. The van der Waals surface area contributed by atoms with Gasteiger partial charge < -0.3 is 10.2 Å². The fourth-order valence-corrected chi connectivity index (χ4v) is 4.73. The van der Waals surface area contributed by atoms with Gasteiger partial charge >= 0.3 is 12.4 Å². The molecule has 42 heavy (non-hydrogen) atoms.